The van der Waals surface area contributed by atoms with Gasteiger partial charge in [-0.3, -0.25) is 14.9 Å². The Morgan fingerprint density at radius 1 is 1.21 bits per heavy atom. The van der Waals surface area contributed by atoms with Gasteiger partial charge in [0, 0.05) is 18.3 Å². The molecule has 2 aromatic heterocycles. The molecule has 1 aromatic carbocycles. The monoisotopic (exact) mass is 321 g/mol. The summed E-state index contributed by atoms with van der Waals surface area (Å²) in [6.45, 7) is 0.784. The van der Waals surface area contributed by atoms with Crippen molar-refractivity contribution >= 4 is 11.6 Å². The fourth-order valence-electron chi connectivity index (χ4n) is 2.46. The normalized spacial score (nSPS) is 10.8. The van der Waals surface area contributed by atoms with Gasteiger partial charge in [0.15, 0.2) is 0 Å². The van der Waals surface area contributed by atoms with E-state index in [2.05, 4.69) is 25.4 Å². The number of aromatic nitrogens is 3. The van der Waals surface area contributed by atoms with Crippen molar-refractivity contribution in [3.05, 3.63) is 66.0 Å². The van der Waals surface area contributed by atoms with Crippen LogP contribution in [0.3, 0.4) is 0 Å². The minimum Gasteiger partial charge on any atom is -0.319 e. The summed E-state index contributed by atoms with van der Waals surface area (Å²) in [5.41, 5.74) is 3.73. The second-order valence-electron chi connectivity index (χ2n) is 5.77. The minimum absolute atomic E-state index is 0.172. The lowest BCUT2D eigenvalue weighted by Crippen LogP contribution is -2.14. The standard InChI is InChI=1S/C18H19N5O/c1-23(2)12-13-6-5-7-14(10-13)18(24)21-16-11-20-22-17(16)15-8-3-4-9-19-15/h3-11H,12H2,1-2H3,(H,20,22)(H,21,24). The Labute approximate surface area is 140 Å². The highest BCUT2D eigenvalue weighted by atomic mass is 16.1. The molecule has 0 unspecified atom stereocenters. The molecule has 0 bridgehead atoms. The number of nitrogens with one attached hydrogen (secondary N) is 2. The fourth-order valence-corrected chi connectivity index (χ4v) is 2.46. The van der Waals surface area contributed by atoms with Gasteiger partial charge in [0.05, 0.1) is 17.6 Å². The molecule has 0 fully saturated rings. The third-order valence-electron chi connectivity index (χ3n) is 3.50. The van der Waals surface area contributed by atoms with Crippen LogP contribution in [0.25, 0.3) is 11.4 Å². The molecule has 0 aliphatic rings. The highest BCUT2D eigenvalue weighted by Crippen LogP contribution is 2.23. The molecule has 0 aliphatic carbocycles. The zero-order valence-corrected chi connectivity index (χ0v) is 13.7. The van der Waals surface area contributed by atoms with E-state index in [1.807, 2.05) is 50.5 Å². The Kier molecular flexibility index (Phi) is 4.67. The second-order valence-corrected chi connectivity index (χ2v) is 5.77. The largest absolute Gasteiger partial charge is 0.319 e. The van der Waals surface area contributed by atoms with E-state index in [0.717, 1.165) is 17.8 Å². The molecule has 6 nitrogen and oxygen atoms in total. The Morgan fingerprint density at radius 3 is 2.83 bits per heavy atom. The van der Waals surface area contributed by atoms with Gasteiger partial charge in [0.25, 0.3) is 5.91 Å². The molecule has 3 aromatic rings. The molecular formula is C18H19N5O. The zero-order valence-electron chi connectivity index (χ0n) is 13.7. The fraction of sp³-hybridized carbons (Fsp3) is 0.167. The van der Waals surface area contributed by atoms with Gasteiger partial charge in [0.2, 0.25) is 0 Å². The Hall–Kier alpha value is -2.99. The summed E-state index contributed by atoms with van der Waals surface area (Å²) in [6, 6.07) is 13.2. The first kappa shape index (κ1) is 15.9. The third kappa shape index (κ3) is 3.67. The molecule has 24 heavy (non-hydrogen) atoms. The van der Waals surface area contributed by atoms with Crippen LogP contribution in [0.2, 0.25) is 0 Å². The zero-order chi connectivity index (χ0) is 16.9. The van der Waals surface area contributed by atoms with Crippen LogP contribution in [-0.2, 0) is 6.54 Å². The van der Waals surface area contributed by atoms with Gasteiger partial charge < -0.3 is 10.2 Å². The van der Waals surface area contributed by atoms with Crippen molar-refractivity contribution in [2.45, 2.75) is 6.54 Å². The summed E-state index contributed by atoms with van der Waals surface area (Å²) in [5.74, 6) is -0.172. The summed E-state index contributed by atoms with van der Waals surface area (Å²) >= 11 is 0. The van der Waals surface area contributed by atoms with Gasteiger partial charge in [-0.15, -0.1) is 0 Å². The number of nitrogens with zero attached hydrogens (tertiary/aromatic N) is 3. The number of anilines is 1. The first-order chi connectivity index (χ1) is 11.6. The van der Waals surface area contributed by atoms with E-state index >= 15 is 0 Å². The van der Waals surface area contributed by atoms with Crippen molar-refractivity contribution in [3.8, 4) is 11.4 Å². The maximum atomic E-state index is 12.5. The molecule has 0 saturated carbocycles. The van der Waals surface area contributed by atoms with Crippen molar-refractivity contribution in [2.75, 3.05) is 19.4 Å². The molecule has 0 spiro atoms. The predicted octanol–water partition coefficient (Wildman–Crippen LogP) is 2.79. The van der Waals surface area contributed by atoms with E-state index < -0.39 is 0 Å². The summed E-state index contributed by atoms with van der Waals surface area (Å²) in [5, 5.41) is 9.80. The van der Waals surface area contributed by atoms with E-state index in [1.54, 1.807) is 18.5 Å². The average molecular weight is 321 g/mol. The Balaban J connectivity index is 1.80. The molecular weight excluding hydrogens is 302 g/mol. The van der Waals surface area contributed by atoms with Crippen LogP contribution in [-0.4, -0.2) is 40.1 Å². The molecule has 122 valence electrons. The highest BCUT2D eigenvalue weighted by Gasteiger charge is 2.13. The molecule has 2 heterocycles. The maximum Gasteiger partial charge on any atom is 0.255 e. The molecule has 3 rings (SSSR count). The van der Waals surface area contributed by atoms with Crippen molar-refractivity contribution in [2.24, 2.45) is 0 Å². The van der Waals surface area contributed by atoms with Crippen molar-refractivity contribution in [1.29, 1.82) is 0 Å². The van der Waals surface area contributed by atoms with Gasteiger partial charge >= 0.3 is 0 Å². The summed E-state index contributed by atoms with van der Waals surface area (Å²) in [6.07, 6.45) is 3.29. The lowest BCUT2D eigenvalue weighted by Gasteiger charge is -2.11. The van der Waals surface area contributed by atoms with Crippen LogP contribution in [0.4, 0.5) is 5.69 Å². The van der Waals surface area contributed by atoms with Crippen LogP contribution in [0.1, 0.15) is 15.9 Å². The lowest BCUT2D eigenvalue weighted by atomic mass is 10.1. The topological polar surface area (TPSA) is 73.9 Å². The molecule has 0 aliphatic heterocycles. The minimum atomic E-state index is -0.172. The first-order valence-corrected chi connectivity index (χ1v) is 7.63. The van der Waals surface area contributed by atoms with Crippen LogP contribution in [0.15, 0.2) is 54.9 Å². The number of pyridine rings is 1. The molecule has 0 saturated heterocycles. The SMILES string of the molecule is CN(C)Cc1cccc(C(=O)Nc2cn[nH]c2-c2ccccn2)c1. The number of benzene rings is 1. The summed E-state index contributed by atoms with van der Waals surface area (Å²) in [7, 11) is 3.99. The van der Waals surface area contributed by atoms with E-state index in [4.69, 9.17) is 0 Å². The number of carbonyl (C=O) groups excluding carboxylic acids is 1. The number of aromatic amines is 1. The van der Waals surface area contributed by atoms with Crippen LogP contribution in [0, 0.1) is 0 Å². The number of hydrogen-bond acceptors (Lipinski definition) is 4. The first-order valence-electron chi connectivity index (χ1n) is 7.63. The van der Waals surface area contributed by atoms with Crippen molar-refractivity contribution in [1.82, 2.24) is 20.1 Å². The van der Waals surface area contributed by atoms with Gasteiger partial charge in [0.1, 0.15) is 5.69 Å². The molecule has 2 N–H and O–H groups in total. The van der Waals surface area contributed by atoms with Crippen LogP contribution >= 0.6 is 0 Å². The highest BCUT2D eigenvalue weighted by molar-refractivity contribution is 6.05. The molecule has 6 heteroatoms. The van der Waals surface area contributed by atoms with Gasteiger partial charge in [-0.05, 0) is 43.9 Å². The maximum absolute atomic E-state index is 12.5. The van der Waals surface area contributed by atoms with E-state index in [9.17, 15) is 4.79 Å². The number of H-pyrrole nitrogens is 1. The summed E-state index contributed by atoms with van der Waals surface area (Å²) < 4.78 is 0. The quantitative estimate of drug-likeness (QED) is 0.758. The number of carbonyl (C=O) groups is 1. The third-order valence-corrected chi connectivity index (χ3v) is 3.50. The van der Waals surface area contributed by atoms with E-state index in [1.165, 1.54) is 0 Å². The van der Waals surface area contributed by atoms with Crippen LogP contribution in [0.5, 0.6) is 0 Å². The predicted molar refractivity (Wildman–Crippen MR) is 93.6 cm³/mol. The smallest absolute Gasteiger partial charge is 0.255 e. The molecule has 0 radical (unpaired) electrons. The van der Waals surface area contributed by atoms with Gasteiger partial charge in [-0.1, -0.05) is 18.2 Å². The van der Waals surface area contributed by atoms with Crippen molar-refractivity contribution < 1.29 is 4.79 Å². The van der Waals surface area contributed by atoms with Crippen molar-refractivity contribution in [3.63, 3.8) is 0 Å². The molecule has 1 amide bonds. The summed E-state index contributed by atoms with van der Waals surface area (Å²) in [4.78, 5) is 18.9. The van der Waals surface area contributed by atoms with E-state index in [-0.39, 0.29) is 5.91 Å². The average Bonchev–Trinajstić information content (AvgIpc) is 3.03. The molecule has 0 atom stereocenters. The number of hydrogen-bond donors (Lipinski definition) is 2. The van der Waals surface area contributed by atoms with Gasteiger partial charge in [-0.25, -0.2) is 0 Å². The second kappa shape index (κ2) is 7.06. The van der Waals surface area contributed by atoms with E-state index in [0.29, 0.717) is 16.9 Å². The Morgan fingerprint density at radius 2 is 2.08 bits per heavy atom. The lowest BCUT2D eigenvalue weighted by molar-refractivity contribution is 0.102. The number of rotatable bonds is 5. The van der Waals surface area contributed by atoms with Gasteiger partial charge in [-0.2, -0.15) is 5.10 Å². The Bertz CT molecular complexity index is 826. The van der Waals surface area contributed by atoms with Crippen LogP contribution < -0.4 is 5.32 Å². The number of amides is 1.